The van der Waals surface area contributed by atoms with Gasteiger partial charge < -0.3 is 9.30 Å². The van der Waals surface area contributed by atoms with Crippen LogP contribution in [0.5, 0.6) is 5.75 Å². The maximum atomic E-state index is 5.82. The molecule has 0 aliphatic heterocycles. The Kier molecular flexibility index (Phi) is 3.68. The molecule has 0 amide bonds. The van der Waals surface area contributed by atoms with Crippen molar-refractivity contribution in [2.24, 2.45) is 0 Å². The molecule has 0 radical (unpaired) electrons. The fraction of sp³-hybridized carbons (Fsp3) is 0.235. The van der Waals surface area contributed by atoms with E-state index in [1.54, 1.807) is 0 Å². The van der Waals surface area contributed by atoms with E-state index in [-0.39, 0.29) is 0 Å². The summed E-state index contributed by atoms with van der Waals surface area (Å²) in [7, 11) is 0. The molecule has 3 rings (SSSR count). The Morgan fingerprint density at radius 2 is 2.00 bits per heavy atom. The number of fused-ring (bicyclic) bond motifs is 1. The highest BCUT2D eigenvalue weighted by Crippen LogP contribution is 2.15. The molecule has 0 atom stereocenters. The van der Waals surface area contributed by atoms with E-state index in [1.165, 1.54) is 5.56 Å². The van der Waals surface area contributed by atoms with Crippen LogP contribution in [0.25, 0.3) is 11.0 Å². The molecule has 0 spiro atoms. The van der Waals surface area contributed by atoms with Crippen LogP contribution in [0.1, 0.15) is 12.5 Å². The third-order valence-corrected chi connectivity index (χ3v) is 3.43. The lowest BCUT2D eigenvalue weighted by Gasteiger charge is -2.08. The van der Waals surface area contributed by atoms with Crippen LogP contribution in [-0.4, -0.2) is 16.2 Å². The zero-order valence-electron chi connectivity index (χ0n) is 11.6. The predicted octanol–water partition coefficient (Wildman–Crippen LogP) is 3.68. The number of hydrogen-bond donors (Lipinski definition) is 0. The molecule has 20 heavy (non-hydrogen) atoms. The number of imidazole rings is 1. The number of para-hydroxylation sites is 2. The van der Waals surface area contributed by atoms with E-state index >= 15 is 0 Å². The second kappa shape index (κ2) is 5.78. The fourth-order valence-electron chi connectivity index (χ4n) is 2.31. The van der Waals surface area contributed by atoms with Gasteiger partial charge in [0.1, 0.15) is 12.4 Å². The number of aromatic nitrogens is 2. The van der Waals surface area contributed by atoms with Gasteiger partial charge in [-0.1, -0.05) is 31.2 Å². The first-order chi connectivity index (χ1) is 9.86. The lowest BCUT2D eigenvalue weighted by molar-refractivity contribution is 0.300. The SMILES string of the molecule is CCc1cccc(OCCn2cnc3ccccc32)c1. The van der Waals surface area contributed by atoms with E-state index in [4.69, 9.17) is 4.74 Å². The lowest BCUT2D eigenvalue weighted by atomic mass is 10.2. The van der Waals surface area contributed by atoms with E-state index in [9.17, 15) is 0 Å². The molecule has 0 bridgehead atoms. The van der Waals surface area contributed by atoms with E-state index < -0.39 is 0 Å². The van der Waals surface area contributed by atoms with Gasteiger partial charge in [-0.15, -0.1) is 0 Å². The molecule has 3 heteroatoms. The Hall–Kier alpha value is -2.29. The molecule has 0 unspecified atom stereocenters. The largest absolute Gasteiger partial charge is 0.492 e. The van der Waals surface area contributed by atoms with E-state index in [2.05, 4.69) is 34.7 Å². The molecular formula is C17H18N2O. The Morgan fingerprint density at radius 1 is 1.10 bits per heavy atom. The van der Waals surface area contributed by atoms with E-state index in [1.807, 2.05) is 36.7 Å². The van der Waals surface area contributed by atoms with Crippen LogP contribution in [0.4, 0.5) is 0 Å². The first-order valence-electron chi connectivity index (χ1n) is 6.98. The van der Waals surface area contributed by atoms with Gasteiger partial charge in [-0.2, -0.15) is 0 Å². The maximum absolute atomic E-state index is 5.82. The van der Waals surface area contributed by atoms with E-state index in [0.29, 0.717) is 6.61 Å². The van der Waals surface area contributed by atoms with Crippen molar-refractivity contribution in [3.05, 3.63) is 60.4 Å². The van der Waals surface area contributed by atoms with Crippen LogP contribution in [0.2, 0.25) is 0 Å². The average Bonchev–Trinajstić information content (AvgIpc) is 2.91. The minimum absolute atomic E-state index is 0.646. The van der Waals surface area contributed by atoms with Crippen LogP contribution < -0.4 is 4.74 Å². The summed E-state index contributed by atoms with van der Waals surface area (Å²) in [6.45, 7) is 3.60. The van der Waals surface area contributed by atoms with Gasteiger partial charge in [0.05, 0.1) is 23.9 Å². The number of ether oxygens (including phenoxy) is 1. The molecule has 1 heterocycles. The average molecular weight is 266 g/mol. The highest BCUT2D eigenvalue weighted by atomic mass is 16.5. The second-order valence-electron chi connectivity index (χ2n) is 4.78. The monoisotopic (exact) mass is 266 g/mol. The highest BCUT2D eigenvalue weighted by molar-refractivity contribution is 5.74. The zero-order chi connectivity index (χ0) is 13.8. The van der Waals surface area contributed by atoms with Crippen molar-refractivity contribution in [1.29, 1.82) is 0 Å². The minimum atomic E-state index is 0.646. The summed E-state index contributed by atoms with van der Waals surface area (Å²) in [4.78, 5) is 4.38. The summed E-state index contributed by atoms with van der Waals surface area (Å²) < 4.78 is 7.95. The normalized spacial score (nSPS) is 10.8. The Morgan fingerprint density at radius 3 is 2.90 bits per heavy atom. The van der Waals surface area contributed by atoms with Crippen LogP contribution >= 0.6 is 0 Å². The van der Waals surface area contributed by atoms with Crippen molar-refractivity contribution in [3.63, 3.8) is 0 Å². The van der Waals surface area contributed by atoms with Crippen molar-refractivity contribution in [3.8, 4) is 5.75 Å². The molecule has 1 aromatic heterocycles. The number of hydrogen-bond acceptors (Lipinski definition) is 2. The summed E-state index contributed by atoms with van der Waals surface area (Å²) in [5, 5.41) is 0. The third kappa shape index (κ3) is 2.67. The van der Waals surface area contributed by atoms with Crippen molar-refractivity contribution in [2.45, 2.75) is 19.9 Å². The molecule has 0 aliphatic carbocycles. The zero-order valence-corrected chi connectivity index (χ0v) is 11.6. The van der Waals surface area contributed by atoms with Crippen LogP contribution in [0.3, 0.4) is 0 Å². The number of aryl methyl sites for hydroxylation is 1. The van der Waals surface area contributed by atoms with Gasteiger partial charge in [0, 0.05) is 0 Å². The second-order valence-corrected chi connectivity index (χ2v) is 4.78. The Balaban J connectivity index is 1.65. The lowest BCUT2D eigenvalue weighted by Crippen LogP contribution is -2.07. The smallest absolute Gasteiger partial charge is 0.119 e. The quantitative estimate of drug-likeness (QED) is 0.704. The molecule has 2 aromatic carbocycles. The summed E-state index contributed by atoms with van der Waals surface area (Å²) in [5.74, 6) is 0.939. The molecule has 3 aromatic rings. The standard InChI is InChI=1S/C17H18N2O/c1-2-14-6-5-7-15(12-14)20-11-10-19-13-18-16-8-3-4-9-17(16)19/h3-9,12-13H,2,10-11H2,1H3. The van der Waals surface area contributed by atoms with Crippen molar-refractivity contribution >= 4 is 11.0 Å². The van der Waals surface area contributed by atoms with Crippen LogP contribution in [0, 0.1) is 0 Å². The first kappa shape index (κ1) is 12.7. The van der Waals surface area contributed by atoms with Crippen LogP contribution in [0.15, 0.2) is 54.9 Å². The van der Waals surface area contributed by atoms with Crippen molar-refractivity contribution in [2.75, 3.05) is 6.61 Å². The molecule has 0 N–H and O–H groups in total. The molecule has 0 fully saturated rings. The van der Waals surface area contributed by atoms with Gasteiger partial charge in [-0.25, -0.2) is 4.98 Å². The molecule has 0 saturated heterocycles. The van der Waals surface area contributed by atoms with Gasteiger partial charge in [0.15, 0.2) is 0 Å². The Bertz CT molecular complexity index is 703. The van der Waals surface area contributed by atoms with Gasteiger partial charge in [0.2, 0.25) is 0 Å². The maximum Gasteiger partial charge on any atom is 0.119 e. The van der Waals surface area contributed by atoms with Gasteiger partial charge in [0.25, 0.3) is 0 Å². The summed E-state index contributed by atoms with van der Waals surface area (Å²) in [6.07, 6.45) is 2.90. The first-order valence-corrected chi connectivity index (χ1v) is 6.98. The molecule has 102 valence electrons. The van der Waals surface area contributed by atoms with E-state index in [0.717, 1.165) is 29.7 Å². The number of nitrogens with zero attached hydrogens (tertiary/aromatic N) is 2. The van der Waals surface area contributed by atoms with Crippen molar-refractivity contribution in [1.82, 2.24) is 9.55 Å². The summed E-state index contributed by atoms with van der Waals surface area (Å²) in [5.41, 5.74) is 3.48. The Labute approximate surface area is 118 Å². The highest BCUT2D eigenvalue weighted by Gasteiger charge is 2.01. The van der Waals surface area contributed by atoms with Crippen molar-refractivity contribution < 1.29 is 4.74 Å². The van der Waals surface area contributed by atoms with Crippen LogP contribution in [-0.2, 0) is 13.0 Å². The van der Waals surface area contributed by atoms with Gasteiger partial charge in [-0.05, 0) is 36.2 Å². The predicted molar refractivity (Wildman–Crippen MR) is 81.0 cm³/mol. The number of rotatable bonds is 5. The molecular weight excluding hydrogens is 248 g/mol. The fourth-order valence-corrected chi connectivity index (χ4v) is 2.31. The van der Waals surface area contributed by atoms with Gasteiger partial charge >= 0.3 is 0 Å². The third-order valence-electron chi connectivity index (χ3n) is 3.43. The summed E-state index contributed by atoms with van der Waals surface area (Å²) in [6, 6.07) is 16.4. The molecule has 0 aliphatic rings. The molecule has 0 saturated carbocycles. The van der Waals surface area contributed by atoms with Gasteiger partial charge in [-0.3, -0.25) is 0 Å². The number of benzene rings is 2. The topological polar surface area (TPSA) is 27.1 Å². The minimum Gasteiger partial charge on any atom is -0.492 e. The summed E-state index contributed by atoms with van der Waals surface area (Å²) >= 11 is 0. The molecule has 3 nitrogen and oxygen atoms in total.